The normalized spacial score (nSPS) is 21.2. The molecule has 0 saturated carbocycles. The van der Waals surface area contributed by atoms with Crippen LogP contribution in [0.4, 0.5) is 10.8 Å². The third-order valence-corrected chi connectivity index (χ3v) is 8.25. The molecule has 1 amide bonds. The second-order valence-corrected chi connectivity index (χ2v) is 11.3. The Labute approximate surface area is 170 Å². The Hall–Kier alpha value is -1.93. The van der Waals surface area contributed by atoms with Crippen LogP contribution in [0.3, 0.4) is 0 Å². The summed E-state index contributed by atoms with van der Waals surface area (Å²) >= 11 is 1.44. The van der Waals surface area contributed by atoms with Crippen molar-refractivity contribution in [2.45, 2.75) is 56.8 Å². The molecule has 1 aliphatic carbocycles. The van der Waals surface area contributed by atoms with E-state index in [1.165, 1.54) is 16.2 Å². The molecule has 2 heterocycles. The van der Waals surface area contributed by atoms with Gasteiger partial charge >= 0.3 is 0 Å². The Bertz CT molecular complexity index is 1060. The highest BCUT2D eigenvalue weighted by molar-refractivity contribution is 7.93. The van der Waals surface area contributed by atoms with E-state index >= 15 is 0 Å². The Morgan fingerprint density at radius 1 is 1.32 bits per heavy atom. The Morgan fingerprint density at radius 2 is 2.07 bits per heavy atom. The predicted octanol–water partition coefficient (Wildman–Crippen LogP) is 3.71. The molecular weight excluding hydrogens is 394 g/mol. The van der Waals surface area contributed by atoms with Crippen molar-refractivity contribution >= 4 is 38.1 Å². The lowest BCUT2D eigenvalue weighted by atomic mass is 9.77. The Balaban J connectivity index is 1.67. The van der Waals surface area contributed by atoms with Crippen molar-refractivity contribution < 1.29 is 13.2 Å². The molecule has 0 fully saturated rings. The van der Waals surface area contributed by atoms with Gasteiger partial charge in [-0.15, -0.1) is 11.3 Å². The van der Waals surface area contributed by atoms with E-state index < -0.39 is 15.4 Å². The molecule has 150 valence electrons. The van der Waals surface area contributed by atoms with E-state index in [0.717, 1.165) is 36.2 Å². The fourth-order valence-electron chi connectivity index (χ4n) is 4.00. The van der Waals surface area contributed by atoms with Crippen LogP contribution >= 0.6 is 11.3 Å². The van der Waals surface area contributed by atoms with Gasteiger partial charge in [-0.2, -0.15) is 0 Å². The number of fused-ring (bicyclic) bond motifs is 2. The minimum atomic E-state index is -3.75. The van der Waals surface area contributed by atoms with Crippen LogP contribution in [0.5, 0.6) is 0 Å². The van der Waals surface area contributed by atoms with Gasteiger partial charge < -0.3 is 4.90 Å². The molecule has 8 heteroatoms. The van der Waals surface area contributed by atoms with Crippen LogP contribution in [-0.4, -0.2) is 26.4 Å². The number of nitrogens with zero attached hydrogens (tertiary/aromatic N) is 2. The van der Waals surface area contributed by atoms with Crippen molar-refractivity contribution in [2.75, 3.05) is 16.7 Å². The van der Waals surface area contributed by atoms with Gasteiger partial charge in [0.15, 0.2) is 5.13 Å². The van der Waals surface area contributed by atoms with Gasteiger partial charge in [-0.05, 0) is 48.9 Å². The van der Waals surface area contributed by atoms with E-state index in [1.54, 1.807) is 30.1 Å². The molecule has 0 spiro atoms. The maximum absolute atomic E-state index is 13.0. The van der Waals surface area contributed by atoms with Gasteiger partial charge in [-0.1, -0.05) is 20.8 Å². The first-order valence-corrected chi connectivity index (χ1v) is 11.8. The molecule has 1 aromatic carbocycles. The summed E-state index contributed by atoms with van der Waals surface area (Å²) in [6.45, 7) is 6.15. The number of aryl methyl sites for hydroxylation is 1. The number of benzene rings is 1. The van der Waals surface area contributed by atoms with Crippen molar-refractivity contribution in [2.24, 2.45) is 5.92 Å². The number of rotatable bonds is 3. The van der Waals surface area contributed by atoms with Gasteiger partial charge in [0, 0.05) is 29.4 Å². The maximum Gasteiger partial charge on any atom is 0.263 e. The van der Waals surface area contributed by atoms with Gasteiger partial charge in [0.2, 0.25) is 5.91 Å². The molecule has 1 atom stereocenters. The average Bonchev–Trinajstić information content (AvgIpc) is 2.99. The lowest BCUT2D eigenvalue weighted by Crippen LogP contribution is -2.39. The van der Waals surface area contributed by atoms with Crippen LogP contribution in [0.2, 0.25) is 0 Å². The van der Waals surface area contributed by atoms with Crippen LogP contribution in [0.1, 0.15) is 49.7 Å². The second-order valence-electron chi connectivity index (χ2n) is 8.53. The summed E-state index contributed by atoms with van der Waals surface area (Å²) in [6.07, 6.45) is 3.31. The molecule has 1 unspecified atom stereocenters. The van der Waals surface area contributed by atoms with Crippen LogP contribution < -0.4 is 9.62 Å². The summed E-state index contributed by atoms with van der Waals surface area (Å²) in [7, 11) is -2.02. The lowest BCUT2D eigenvalue weighted by molar-refractivity contribution is -0.119. The molecule has 0 bridgehead atoms. The highest BCUT2D eigenvalue weighted by Crippen LogP contribution is 2.41. The topological polar surface area (TPSA) is 79.4 Å². The van der Waals surface area contributed by atoms with E-state index in [1.807, 2.05) is 13.8 Å². The summed E-state index contributed by atoms with van der Waals surface area (Å²) in [5.74, 6) is 0.647. The lowest BCUT2D eigenvalue weighted by Gasteiger charge is -2.37. The molecule has 1 N–H and O–H groups in total. The summed E-state index contributed by atoms with van der Waals surface area (Å²) < 4.78 is 28.7. The largest absolute Gasteiger partial charge is 0.315 e. The number of aromatic nitrogens is 1. The molecule has 0 radical (unpaired) electrons. The number of nitrogens with one attached hydrogen (secondary N) is 1. The number of carbonyl (C=O) groups is 1. The van der Waals surface area contributed by atoms with Crippen LogP contribution in [-0.2, 0) is 33.1 Å². The quantitative estimate of drug-likeness (QED) is 0.822. The van der Waals surface area contributed by atoms with Gasteiger partial charge in [-0.3, -0.25) is 9.52 Å². The van der Waals surface area contributed by atoms with Gasteiger partial charge in [0.25, 0.3) is 10.0 Å². The molecular formula is C20H25N3O3S2. The third-order valence-electron chi connectivity index (χ3n) is 5.74. The third kappa shape index (κ3) is 3.33. The van der Waals surface area contributed by atoms with Crippen molar-refractivity contribution in [1.82, 2.24) is 4.98 Å². The Kier molecular flexibility index (Phi) is 4.54. The smallest absolute Gasteiger partial charge is 0.263 e. The molecule has 6 nitrogen and oxygen atoms in total. The number of sulfonamides is 1. The first kappa shape index (κ1) is 19.4. The van der Waals surface area contributed by atoms with E-state index in [4.69, 9.17) is 0 Å². The number of hydrogen-bond acceptors (Lipinski definition) is 5. The highest BCUT2D eigenvalue weighted by atomic mass is 32.2. The number of amides is 1. The van der Waals surface area contributed by atoms with Gasteiger partial charge in [0.1, 0.15) is 0 Å². The number of carbonyl (C=O) groups excluding carboxylic acids is 1. The zero-order valence-electron chi connectivity index (χ0n) is 16.6. The minimum absolute atomic E-state index is 0.0360. The number of anilines is 2. The van der Waals surface area contributed by atoms with Crippen LogP contribution in [0.25, 0.3) is 0 Å². The second kappa shape index (κ2) is 6.56. The minimum Gasteiger partial charge on any atom is -0.315 e. The van der Waals surface area contributed by atoms with Crippen molar-refractivity contribution in [3.63, 3.8) is 0 Å². The average molecular weight is 420 g/mol. The SMILES string of the molecule is CC1CCc2nc(NS(=O)(=O)c3ccc4c(c3)C(C)(C)CC(=O)N4C)sc2C1. The van der Waals surface area contributed by atoms with Crippen LogP contribution in [0.15, 0.2) is 23.1 Å². The molecule has 1 aliphatic heterocycles. The molecule has 1 aromatic heterocycles. The fourth-order valence-corrected chi connectivity index (χ4v) is 6.43. The van der Waals surface area contributed by atoms with Gasteiger partial charge in [-0.25, -0.2) is 13.4 Å². The predicted molar refractivity (Wildman–Crippen MR) is 112 cm³/mol. The first-order valence-electron chi connectivity index (χ1n) is 9.49. The summed E-state index contributed by atoms with van der Waals surface area (Å²) in [4.78, 5) is 19.7. The van der Waals surface area contributed by atoms with Crippen molar-refractivity contribution in [3.8, 4) is 0 Å². The van der Waals surface area contributed by atoms with Gasteiger partial charge in [0.05, 0.1) is 10.6 Å². The zero-order chi connectivity index (χ0) is 20.3. The highest BCUT2D eigenvalue weighted by Gasteiger charge is 2.36. The first-order chi connectivity index (χ1) is 13.1. The van der Waals surface area contributed by atoms with E-state index in [9.17, 15) is 13.2 Å². The maximum atomic E-state index is 13.0. The van der Waals surface area contributed by atoms with E-state index in [2.05, 4.69) is 16.6 Å². The monoisotopic (exact) mass is 419 g/mol. The van der Waals surface area contributed by atoms with Crippen molar-refractivity contribution in [1.29, 1.82) is 0 Å². The van der Waals surface area contributed by atoms with Crippen molar-refractivity contribution in [3.05, 3.63) is 34.3 Å². The molecule has 2 aliphatic rings. The standard InChI is InChI=1S/C20H25N3O3S2/c1-12-5-7-15-17(9-12)27-19(21-15)22-28(25,26)13-6-8-16-14(10-13)20(2,3)11-18(24)23(16)4/h6,8,10,12H,5,7,9,11H2,1-4H3,(H,21,22). The zero-order valence-corrected chi connectivity index (χ0v) is 18.2. The number of hydrogen-bond donors (Lipinski definition) is 1. The number of thiazole rings is 1. The van der Waals surface area contributed by atoms with E-state index in [-0.39, 0.29) is 10.8 Å². The van der Waals surface area contributed by atoms with Crippen LogP contribution in [0, 0.1) is 5.92 Å². The molecule has 2 aromatic rings. The van der Waals surface area contributed by atoms with E-state index in [0.29, 0.717) is 17.5 Å². The fraction of sp³-hybridized carbons (Fsp3) is 0.500. The molecule has 0 saturated heterocycles. The Morgan fingerprint density at radius 3 is 2.82 bits per heavy atom. The summed E-state index contributed by atoms with van der Waals surface area (Å²) in [5.41, 5.74) is 2.23. The molecule has 4 rings (SSSR count). The molecule has 28 heavy (non-hydrogen) atoms. The summed E-state index contributed by atoms with van der Waals surface area (Å²) in [5, 5.41) is 0.434. The summed E-state index contributed by atoms with van der Waals surface area (Å²) in [6, 6.07) is 4.97.